The molecule has 0 spiro atoms. The predicted octanol–water partition coefficient (Wildman–Crippen LogP) is 2.37. The number of aliphatic hydroxyl groups is 1. The lowest BCUT2D eigenvalue weighted by molar-refractivity contribution is 0.276. The number of rotatable bonds is 4. The molecule has 0 aliphatic heterocycles. The van der Waals surface area contributed by atoms with Crippen LogP contribution >= 0.6 is 0 Å². The number of nitrogens with zero attached hydrogens (tertiary/aromatic N) is 3. The predicted molar refractivity (Wildman–Crippen MR) is 72.4 cm³/mol. The van der Waals surface area contributed by atoms with Crippen molar-refractivity contribution in [2.45, 2.75) is 51.7 Å². The van der Waals surface area contributed by atoms with Gasteiger partial charge in [0.25, 0.3) is 0 Å². The Bertz CT molecular complexity index is 375. The van der Waals surface area contributed by atoms with E-state index in [1.165, 1.54) is 32.1 Å². The summed E-state index contributed by atoms with van der Waals surface area (Å²) >= 11 is 0. The Morgan fingerprint density at radius 3 is 2.61 bits per heavy atom. The molecule has 100 valence electrons. The van der Waals surface area contributed by atoms with Gasteiger partial charge in [0, 0.05) is 13.1 Å². The average molecular weight is 249 g/mol. The lowest BCUT2D eigenvalue weighted by Crippen LogP contribution is -2.35. The Balaban J connectivity index is 2.00. The van der Waals surface area contributed by atoms with Gasteiger partial charge in [0.05, 0.1) is 24.7 Å². The lowest BCUT2D eigenvalue weighted by Gasteiger charge is -2.35. The van der Waals surface area contributed by atoms with Crippen LogP contribution in [0.25, 0.3) is 0 Å². The smallest absolute Gasteiger partial charge is 0.147 e. The largest absolute Gasteiger partial charge is 0.390 e. The third-order valence-electron chi connectivity index (χ3n) is 4.14. The van der Waals surface area contributed by atoms with Crippen LogP contribution in [0.15, 0.2) is 12.4 Å². The molecule has 1 saturated carbocycles. The van der Waals surface area contributed by atoms with E-state index in [4.69, 9.17) is 5.11 Å². The molecule has 0 bridgehead atoms. The summed E-state index contributed by atoms with van der Waals surface area (Å²) in [4.78, 5) is 10.8. The van der Waals surface area contributed by atoms with E-state index in [0.717, 1.165) is 11.7 Å². The molecule has 1 heterocycles. The van der Waals surface area contributed by atoms with E-state index < -0.39 is 0 Å². The number of aromatic nitrogens is 2. The molecule has 4 heteroatoms. The molecule has 0 amide bonds. The highest BCUT2D eigenvalue weighted by Gasteiger charge is 2.23. The van der Waals surface area contributed by atoms with Gasteiger partial charge in [-0.15, -0.1) is 0 Å². The van der Waals surface area contributed by atoms with Crippen LogP contribution in [0.1, 0.15) is 44.7 Å². The SMILES string of the molecule is CCC1CCC(N(C)c2cncc(CO)n2)CC1. The molecule has 2 rings (SSSR count). The van der Waals surface area contributed by atoms with Crippen molar-refractivity contribution in [1.82, 2.24) is 9.97 Å². The second kappa shape index (κ2) is 6.14. The van der Waals surface area contributed by atoms with Crippen LogP contribution in [0.5, 0.6) is 0 Å². The van der Waals surface area contributed by atoms with Crippen LogP contribution in [-0.2, 0) is 6.61 Å². The topological polar surface area (TPSA) is 49.2 Å². The summed E-state index contributed by atoms with van der Waals surface area (Å²) in [6.07, 6.45) is 9.81. The van der Waals surface area contributed by atoms with Gasteiger partial charge in [-0.1, -0.05) is 13.3 Å². The summed E-state index contributed by atoms with van der Waals surface area (Å²) in [6.45, 7) is 2.24. The molecule has 0 unspecified atom stereocenters. The zero-order valence-electron chi connectivity index (χ0n) is 11.3. The van der Waals surface area contributed by atoms with Crippen LogP contribution in [-0.4, -0.2) is 28.2 Å². The normalized spacial score (nSPS) is 23.9. The van der Waals surface area contributed by atoms with Gasteiger partial charge in [0.1, 0.15) is 5.82 Å². The summed E-state index contributed by atoms with van der Waals surface area (Å²) in [5.74, 6) is 1.78. The van der Waals surface area contributed by atoms with Gasteiger partial charge in [0.2, 0.25) is 0 Å². The fraction of sp³-hybridized carbons (Fsp3) is 0.714. The highest BCUT2D eigenvalue weighted by Crippen LogP contribution is 2.30. The van der Waals surface area contributed by atoms with E-state index in [1.807, 2.05) is 0 Å². The van der Waals surface area contributed by atoms with Gasteiger partial charge in [-0.05, 0) is 31.6 Å². The molecule has 1 aliphatic rings. The zero-order chi connectivity index (χ0) is 13.0. The maximum Gasteiger partial charge on any atom is 0.147 e. The molecule has 0 radical (unpaired) electrons. The standard InChI is InChI=1S/C14H23N3O/c1-3-11-4-6-13(7-5-11)17(2)14-9-15-8-12(10-18)16-14/h8-9,11,13,18H,3-7,10H2,1-2H3. The van der Waals surface area contributed by atoms with Crippen molar-refractivity contribution in [1.29, 1.82) is 0 Å². The Labute approximate surface area is 109 Å². The molecule has 1 aromatic heterocycles. The van der Waals surface area contributed by atoms with Crippen LogP contribution in [0.2, 0.25) is 0 Å². The van der Waals surface area contributed by atoms with E-state index in [9.17, 15) is 0 Å². The van der Waals surface area contributed by atoms with Crippen LogP contribution in [0.3, 0.4) is 0 Å². The first-order valence-electron chi connectivity index (χ1n) is 6.89. The molecule has 0 saturated heterocycles. The van der Waals surface area contributed by atoms with E-state index in [0.29, 0.717) is 11.7 Å². The van der Waals surface area contributed by atoms with Crippen LogP contribution < -0.4 is 4.90 Å². The minimum atomic E-state index is -0.0444. The van der Waals surface area contributed by atoms with Crippen molar-refractivity contribution in [3.63, 3.8) is 0 Å². The Hall–Kier alpha value is -1.16. The highest BCUT2D eigenvalue weighted by molar-refractivity contribution is 5.36. The Morgan fingerprint density at radius 1 is 1.28 bits per heavy atom. The minimum absolute atomic E-state index is 0.0444. The summed E-state index contributed by atoms with van der Waals surface area (Å²) in [7, 11) is 2.09. The molecular weight excluding hydrogens is 226 g/mol. The first-order chi connectivity index (χ1) is 8.74. The second-order valence-electron chi connectivity index (χ2n) is 5.22. The number of aliphatic hydroxyl groups excluding tert-OH is 1. The number of anilines is 1. The third-order valence-corrected chi connectivity index (χ3v) is 4.14. The fourth-order valence-electron chi connectivity index (χ4n) is 2.77. The second-order valence-corrected chi connectivity index (χ2v) is 5.22. The Kier molecular flexibility index (Phi) is 4.53. The fourth-order valence-corrected chi connectivity index (χ4v) is 2.77. The first kappa shape index (κ1) is 13.3. The van der Waals surface area contributed by atoms with E-state index in [-0.39, 0.29) is 6.61 Å². The summed E-state index contributed by atoms with van der Waals surface area (Å²) in [5, 5.41) is 9.10. The minimum Gasteiger partial charge on any atom is -0.390 e. The Morgan fingerprint density at radius 2 is 2.00 bits per heavy atom. The molecule has 18 heavy (non-hydrogen) atoms. The quantitative estimate of drug-likeness (QED) is 0.890. The molecule has 1 aliphatic carbocycles. The van der Waals surface area contributed by atoms with E-state index >= 15 is 0 Å². The molecule has 0 atom stereocenters. The maximum atomic E-state index is 9.10. The van der Waals surface area contributed by atoms with Crippen LogP contribution in [0, 0.1) is 5.92 Å². The lowest BCUT2D eigenvalue weighted by atomic mass is 9.84. The zero-order valence-corrected chi connectivity index (χ0v) is 11.3. The van der Waals surface area contributed by atoms with Gasteiger partial charge < -0.3 is 10.0 Å². The molecule has 1 N–H and O–H groups in total. The third kappa shape index (κ3) is 2.99. The van der Waals surface area contributed by atoms with Crippen molar-refractivity contribution in [3.05, 3.63) is 18.1 Å². The van der Waals surface area contributed by atoms with Crippen molar-refractivity contribution in [2.24, 2.45) is 5.92 Å². The molecule has 1 fully saturated rings. The van der Waals surface area contributed by atoms with Gasteiger partial charge in [-0.2, -0.15) is 0 Å². The average Bonchev–Trinajstić information content (AvgIpc) is 2.46. The van der Waals surface area contributed by atoms with E-state index in [2.05, 4.69) is 28.8 Å². The van der Waals surface area contributed by atoms with Crippen molar-refractivity contribution >= 4 is 5.82 Å². The number of hydrogen-bond donors (Lipinski definition) is 1. The first-order valence-corrected chi connectivity index (χ1v) is 6.89. The molecular formula is C14H23N3O. The molecule has 0 aromatic carbocycles. The summed E-state index contributed by atoms with van der Waals surface area (Å²) in [5.41, 5.74) is 0.640. The van der Waals surface area contributed by atoms with Gasteiger partial charge in [0.15, 0.2) is 0 Å². The van der Waals surface area contributed by atoms with Crippen molar-refractivity contribution in [2.75, 3.05) is 11.9 Å². The van der Waals surface area contributed by atoms with E-state index in [1.54, 1.807) is 12.4 Å². The van der Waals surface area contributed by atoms with Gasteiger partial charge >= 0.3 is 0 Å². The van der Waals surface area contributed by atoms with Crippen molar-refractivity contribution in [3.8, 4) is 0 Å². The summed E-state index contributed by atoms with van der Waals surface area (Å²) < 4.78 is 0. The molecule has 4 nitrogen and oxygen atoms in total. The van der Waals surface area contributed by atoms with Crippen LogP contribution in [0.4, 0.5) is 5.82 Å². The summed E-state index contributed by atoms with van der Waals surface area (Å²) in [6, 6.07) is 0.566. The van der Waals surface area contributed by atoms with Gasteiger partial charge in [-0.3, -0.25) is 4.98 Å². The monoisotopic (exact) mass is 249 g/mol. The molecule has 1 aromatic rings. The maximum absolute atomic E-state index is 9.10. The van der Waals surface area contributed by atoms with Crippen molar-refractivity contribution < 1.29 is 5.11 Å². The van der Waals surface area contributed by atoms with Gasteiger partial charge in [-0.25, -0.2) is 4.98 Å². The highest BCUT2D eigenvalue weighted by atomic mass is 16.3. The number of hydrogen-bond acceptors (Lipinski definition) is 4.